The van der Waals surface area contributed by atoms with Gasteiger partial charge in [-0.2, -0.15) is 0 Å². The van der Waals surface area contributed by atoms with Gasteiger partial charge in [-0.3, -0.25) is 0 Å². The Bertz CT molecular complexity index is 490. The van der Waals surface area contributed by atoms with Crippen molar-refractivity contribution in [2.75, 3.05) is 13.1 Å². The molecule has 1 heterocycles. The lowest BCUT2D eigenvalue weighted by Crippen LogP contribution is -2.22. The highest BCUT2D eigenvalue weighted by atomic mass is 35.5. The van der Waals surface area contributed by atoms with Gasteiger partial charge in [0.1, 0.15) is 5.82 Å². The first-order valence-electron chi connectivity index (χ1n) is 6.00. The first-order chi connectivity index (χ1) is 8.15. The molecule has 1 aromatic heterocycles. The van der Waals surface area contributed by atoms with Crippen LogP contribution in [0.5, 0.6) is 0 Å². The van der Waals surface area contributed by atoms with E-state index >= 15 is 0 Å². The van der Waals surface area contributed by atoms with E-state index < -0.39 is 0 Å². The number of halogens is 1. The number of nitrogens with zero attached hydrogens (tertiary/aromatic N) is 1. The Morgan fingerprint density at radius 1 is 1.41 bits per heavy atom. The first kappa shape index (κ1) is 12.4. The second kappa shape index (κ2) is 5.52. The summed E-state index contributed by atoms with van der Waals surface area (Å²) < 4.78 is 0. The van der Waals surface area contributed by atoms with Crippen molar-refractivity contribution in [2.24, 2.45) is 5.92 Å². The Morgan fingerprint density at radius 3 is 3.00 bits per heavy atom. The molecule has 2 rings (SSSR count). The molecule has 2 N–H and O–H groups in total. The molecule has 0 aliphatic carbocycles. The first-order valence-corrected chi connectivity index (χ1v) is 6.38. The van der Waals surface area contributed by atoms with Crippen LogP contribution in [0, 0.1) is 5.92 Å². The maximum Gasteiger partial charge on any atom is 0.108 e. The van der Waals surface area contributed by atoms with Gasteiger partial charge in [0.05, 0.1) is 11.0 Å². The van der Waals surface area contributed by atoms with Crippen LogP contribution in [0.4, 0.5) is 0 Å². The number of rotatable bonds is 5. The van der Waals surface area contributed by atoms with Crippen LogP contribution in [0.25, 0.3) is 11.0 Å². The number of fused-ring (bicyclic) bond motifs is 1. The van der Waals surface area contributed by atoms with Crippen LogP contribution in [0.1, 0.15) is 19.7 Å². The van der Waals surface area contributed by atoms with Crippen molar-refractivity contribution in [1.82, 2.24) is 15.3 Å². The molecule has 0 amide bonds. The van der Waals surface area contributed by atoms with Gasteiger partial charge in [-0.25, -0.2) is 4.98 Å². The van der Waals surface area contributed by atoms with E-state index in [2.05, 4.69) is 29.1 Å². The quantitative estimate of drug-likeness (QED) is 0.802. The molecule has 0 aliphatic heterocycles. The Hall–Kier alpha value is -1.06. The Labute approximate surface area is 107 Å². The molecule has 17 heavy (non-hydrogen) atoms. The maximum absolute atomic E-state index is 5.93. The van der Waals surface area contributed by atoms with Gasteiger partial charge in [-0.05, 0) is 30.7 Å². The van der Waals surface area contributed by atoms with E-state index in [-0.39, 0.29) is 0 Å². The fraction of sp³-hybridized carbons (Fsp3) is 0.462. The largest absolute Gasteiger partial charge is 0.342 e. The average Bonchev–Trinajstić information content (AvgIpc) is 2.66. The second-order valence-electron chi connectivity index (χ2n) is 4.69. The number of hydrogen-bond donors (Lipinski definition) is 2. The normalized spacial score (nSPS) is 11.5. The van der Waals surface area contributed by atoms with Crippen molar-refractivity contribution in [2.45, 2.75) is 20.3 Å². The molecule has 2 aromatic rings. The number of H-pyrrole nitrogens is 1. The Morgan fingerprint density at radius 2 is 2.24 bits per heavy atom. The number of imidazole rings is 1. The van der Waals surface area contributed by atoms with Crippen LogP contribution in [0.15, 0.2) is 18.2 Å². The van der Waals surface area contributed by atoms with E-state index in [1.165, 1.54) is 0 Å². The topological polar surface area (TPSA) is 40.7 Å². The molecular weight excluding hydrogens is 234 g/mol. The summed E-state index contributed by atoms with van der Waals surface area (Å²) in [5, 5.41) is 4.14. The van der Waals surface area contributed by atoms with Crippen molar-refractivity contribution in [3.63, 3.8) is 0 Å². The molecule has 0 spiro atoms. The number of hydrogen-bond acceptors (Lipinski definition) is 2. The molecule has 0 saturated carbocycles. The van der Waals surface area contributed by atoms with Crippen molar-refractivity contribution in [1.29, 1.82) is 0 Å². The predicted molar refractivity (Wildman–Crippen MR) is 72.5 cm³/mol. The summed E-state index contributed by atoms with van der Waals surface area (Å²) in [7, 11) is 0. The van der Waals surface area contributed by atoms with Gasteiger partial charge < -0.3 is 10.3 Å². The van der Waals surface area contributed by atoms with Gasteiger partial charge in [-0.1, -0.05) is 25.4 Å². The number of aromatic nitrogens is 2. The zero-order valence-electron chi connectivity index (χ0n) is 10.3. The molecule has 0 unspecified atom stereocenters. The van der Waals surface area contributed by atoms with E-state index in [0.29, 0.717) is 5.92 Å². The second-order valence-corrected chi connectivity index (χ2v) is 5.13. The lowest BCUT2D eigenvalue weighted by Gasteiger charge is -2.05. The summed E-state index contributed by atoms with van der Waals surface area (Å²) in [5.74, 6) is 1.70. The summed E-state index contributed by atoms with van der Waals surface area (Å²) in [6.45, 7) is 6.41. The van der Waals surface area contributed by atoms with Gasteiger partial charge in [-0.15, -0.1) is 0 Å². The molecule has 0 atom stereocenters. The molecule has 0 bridgehead atoms. The lowest BCUT2D eigenvalue weighted by atomic mass is 10.2. The van der Waals surface area contributed by atoms with Gasteiger partial charge in [0.15, 0.2) is 0 Å². The minimum atomic E-state index is 0.685. The molecule has 1 aromatic carbocycles. The summed E-state index contributed by atoms with van der Waals surface area (Å²) in [6.07, 6.45) is 0.916. The standard InChI is InChI=1S/C13H18ClN3/c1-9(2)8-15-6-5-13-16-11-4-3-10(14)7-12(11)17-13/h3-4,7,9,15H,5-6,8H2,1-2H3,(H,16,17). The third kappa shape index (κ3) is 3.45. The minimum Gasteiger partial charge on any atom is -0.342 e. The third-order valence-electron chi connectivity index (χ3n) is 2.58. The monoisotopic (exact) mass is 251 g/mol. The van der Waals surface area contributed by atoms with E-state index in [9.17, 15) is 0 Å². The predicted octanol–water partition coefficient (Wildman–Crippen LogP) is 3.00. The van der Waals surface area contributed by atoms with E-state index in [4.69, 9.17) is 11.6 Å². The zero-order chi connectivity index (χ0) is 12.3. The fourth-order valence-electron chi connectivity index (χ4n) is 1.75. The Balaban J connectivity index is 1.95. The van der Waals surface area contributed by atoms with Gasteiger partial charge in [0.2, 0.25) is 0 Å². The van der Waals surface area contributed by atoms with E-state index in [1.807, 2.05) is 18.2 Å². The summed E-state index contributed by atoms with van der Waals surface area (Å²) in [4.78, 5) is 7.81. The smallest absolute Gasteiger partial charge is 0.108 e. The fourth-order valence-corrected chi connectivity index (χ4v) is 1.92. The molecule has 0 radical (unpaired) electrons. The number of benzene rings is 1. The van der Waals surface area contributed by atoms with Crippen LogP contribution in [-0.2, 0) is 6.42 Å². The summed E-state index contributed by atoms with van der Waals surface area (Å²) in [5.41, 5.74) is 1.99. The molecule has 0 fully saturated rings. The summed E-state index contributed by atoms with van der Waals surface area (Å²) in [6, 6.07) is 5.72. The van der Waals surface area contributed by atoms with Gasteiger partial charge in [0, 0.05) is 18.0 Å². The Kier molecular flexibility index (Phi) is 4.02. The minimum absolute atomic E-state index is 0.685. The lowest BCUT2D eigenvalue weighted by molar-refractivity contribution is 0.551. The van der Waals surface area contributed by atoms with Crippen molar-refractivity contribution >= 4 is 22.6 Å². The maximum atomic E-state index is 5.93. The van der Waals surface area contributed by atoms with Crippen molar-refractivity contribution in [3.05, 3.63) is 29.0 Å². The summed E-state index contributed by atoms with van der Waals surface area (Å²) >= 11 is 5.93. The van der Waals surface area contributed by atoms with Crippen LogP contribution in [0.2, 0.25) is 5.02 Å². The molecule has 4 heteroatoms. The highest BCUT2D eigenvalue weighted by molar-refractivity contribution is 6.31. The highest BCUT2D eigenvalue weighted by Crippen LogP contribution is 2.17. The SMILES string of the molecule is CC(C)CNCCc1nc2ccc(Cl)cc2[nH]1. The van der Waals surface area contributed by atoms with Gasteiger partial charge in [0.25, 0.3) is 0 Å². The van der Waals surface area contributed by atoms with Crippen molar-refractivity contribution < 1.29 is 0 Å². The molecule has 3 nitrogen and oxygen atoms in total. The van der Waals surface area contributed by atoms with E-state index in [1.54, 1.807) is 0 Å². The van der Waals surface area contributed by atoms with Gasteiger partial charge >= 0.3 is 0 Å². The van der Waals surface area contributed by atoms with Crippen molar-refractivity contribution in [3.8, 4) is 0 Å². The van der Waals surface area contributed by atoms with Crippen LogP contribution in [-0.4, -0.2) is 23.1 Å². The molecule has 0 saturated heterocycles. The number of nitrogens with one attached hydrogen (secondary N) is 2. The molecular formula is C13H18ClN3. The zero-order valence-corrected chi connectivity index (χ0v) is 11.0. The number of aromatic amines is 1. The third-order valence-corrected chi connectivity index (χ3v) is 2.82. The van der Waals surface area contributed by atoms with Crippen LogP contribution in [0.3, 0.4) is 0 Å². The van der Waals surface area contributed by atoms with Crippen LogP contribution >= 0.6 is 11.6 Å². The van der Waals surface area contributed by atoms with E-state index in [0.717, 1.165) is 41.4 Å². The average molecular weight is 252 g/mol. The molecule has 92 valence electrons. The molecule has 0 aliphatic rings. The van der Waals surface area contributed by atoms with Crippen LogP contribution < -0.4 is 5.32 Å². The highest BCUT2D eigenvalue weighted by Gasteiger charge is 2.03.